The van der Waals surface area contributed by atoms with Crippen LogP contribution >= 0.6 is 0 Å². The van der Waals surface area contributed by atoms with Crippen LogP contribution in [0, 0.1) is 0 Å². The highest BCUT2D eigenvalue weighted by Gasteiger charge is 2.11. The van der Waals surface area contributed by atoms with Gasteiger partial charge < -0.3 is 14.2 Å². The molecule has 0 spiro atoms. The van der Waals surface area contributed by atoms with Gasteiger partial charge in [0.1, 0.15) is 23.5 Å². The fourth-order valence-corrected chi connectivity index (χ4v) is 4.07. The van der Waals surface area contributed by atoms with E-state index in [9.17, 15) is 14.4 Å². The van der Waals surface area contributed by atoms with Gasteiger partial charge in [-0.3, -0.25) is 4.79 Å². The maximum absolute atomic E-state index is 12.5. The summed E-state index contributed by atoms with van der Waals surface area (Å²) >= 11 is 0. The number of carbonyl (C=O) groups is 3. The third-order valence-corrected chi connectivity index (χ3v) is 6.38. The molecule has 0 fully saturated rings. The van der Waals surface area contributed by atoms with Crippen LogP contribution in [0.15, 0.2) is 72.8 Å². The summed E-state index contributed by atoms with van der Waals surface area (Å²) < 4.78 is 16.6. The predicted molar refractivity (Wildman–Crippen MR) is 152 cm³/mol. The van der Waals surface area contributed by atoms with Gasteiger partial charge in [-0.25, -0.2) is 9.59 Å². The van der Waals surface area contributed by atoms with Gasteiger partial charge in [0.15, 0.2) is 0 Å². The summed E-state index contributed by atoms with van der Waals surface area (Å²) in [5, 5.41) is 0. The molecule has 3 aromatic carbocycles. The van der Waals surface area contributed by atoms with Gasteiger partial charge in [0.2, 0.25) is 0 Å². The molecule has 3 aromatic rings. The number of rotatable bonds is 17. The van der Waals surface area contributed by atoms with Gasteiger partial charge >= 0.3 is 11.9 Å². The lowest BCUT2D eigenvalue weighted by Crippen LogP contribution is -2.09. The van der Waals surface area contributed by atoms with Crippen molar-refractivity contribution in [1.29, 1.82) is 0 Å². The molecule has 0 radical (unpaired) electrons. The summed E-state index contributed by atoms with van der Waals surface area (Å²) in [6.45, 7) is 2.92. The Morgan fingerprint density at radius 2 is 0.974 bits per heavy atom. The molecule has 206 valence electrons. The third kappa shape index (κ3) is 10.8. The van der Waals surface area contributed by atoms with Gasteiger partial charge in [-0.1, -0.05) is 76.8 Å². The normalized spacial score (nSPS) is 10.6. The molecule has 39 heavy (non-hydrogen) atoms. The van der Waals surface area contributed by atoms with Gasteiger partial charge in [0.25, 0.3) is 0 Å². The summed E-state index contributed by atoms with van der Waals surface area (Å²) in [5.74, 6) is 0.331. The Kier molecular flexibility index (Phi) is 12.8. The van der Waals surface area contributed by atoms with Gasteiger partial charge in [-0.15, -0.1) is 0 Å². The summed E-state index contributed by atoms with van der Waals surface area (Å²) in [5.41, 5.74) is 1.21. The van der Waals surface area contributed by atoms with Gasteiger partial charge in [-0.2, -0.15) is 0 Å². The average molecular weight is 531 g/mol. The van der Waals surface area contributed by atoms with E-state index < -0.39 is 11.9 Å². The number of hydrogen-bond acceptors (Lipinski definition) is 6. The average Bonchev–Trinajstić information content (AvgIpc) is 2.97. The van der Waals surface area contributed by atoms with E-state index in [1.807, 2.05) is 0 Å². The van der Waals surface area contributed by atoms with E-state index >= 15 is 0 Å². The minimum absolute atomic E-state index is 0.308. The third-order valence-electron chi connectivity index (χ3n) is 6.38. The zero-order valence-electron chi connectivity index (χ0n) is 22.7. The predicted octanol–water partition coefficient (Wildman–Crippen LogP) is 8.24. The van der Waals surface area contributed by atoms with E-state index in [2.05, 4.69) is 6.92 Å². The Morgan fingerprint density at radius 3 is 1.44 bits per heavy atom. The van der Waals surface area contributed by atoms with E-state index in [4.69, 9.17) is 14.2 Å². The van der Waals surface area contributed by atoms with E-state index in [1.165, 1.54) is 69.9 Å². The highest BCUT2D eigenvalue weighted by Crippen LogP contribution is 2.21. The maximum Gasteiger partial charge on any atom is 0.343 e. The van der Waals surface area contributed by atoms with Gasteiger partial charge in [0.05, 0.1) is 17.7 Å². The second-order valence-electron chi connectivity index (χ2n) is 9.55. The number of aldehydes is 1. The van der Waals surface area contributed by atoms with E-state index in [0.717, 1.165) is 12.2 Å². The number of unbranched alkanes of at least 4 members (excludes halogenated alkanes) is 9. The molecule has 0 atom stereocenters. The first-order valence-electron chi connectivity index (χ1n) is 13.9. The van der Waals surface area contributed by atoms with E-state index in [0.29, 0.717) is 41.1 Å². The summed E-state index contributed by atoms with van der Waals surface area (Å²) in [6.07, 6.45) is 13.5. The summed E-state index contributed by atoms with van der Waals surface area (Å²) in [7, 11) is 0. The van der Waals surface area contributed by atoms with E-state index in [1.54, 1.807) is 60.7 Å². The molecule has 0 saturated carbocycles. The molecule has 0 aliphatic carbocycles. The topological polar surface area (TPSA) is 78.9 Å². The van der Waals surface area contributed by atoms with E-state index in [-0.39, 0.29) is 0 Å². The van der Waals surface area contributed by atoms with Crippen LogP contribution in [0.25, 0.3) is 0 Å². The van der Waals surface area contributed by atoms with Gasteiger partial charge in [-0.05, 0) is 67.1 Å². The smallest absolute Gasteiger partial charge is 0.343 e. The van der Waals surface area contributed by atoms with Crippen molar-refractivity contribution in [3.05, 3.63) is 89.5 Å². The standard InChI is InChI=1S/C33H38O6/c1-2-3-4-5-6-7-8-9-10-11-24-37-29-18-16-28(17-19-29)33(36)39-31-22-20-30(21-23-31)38-32(35)27-14-12-26(25-34)13-15-27/h12-23,25H,2-11,24H2,1H3. The quantitative estimate of drug-likeness (QED) is 0.0757. The Morgan fingerprint density at radius 1 is 0.564 bits per heavy atom. The largest absolute Gasteiger partial charge is 0.494 e. The van der Waals surface area contributed by atoms with Crippen molar-refractivity contribution >= 4 is 18.2 Å². The summed E-state index contributed by atoms with van der Waals surface area (Å²) in [4.78, 5) is 35.5. The number of esters is 2. The van der Waals surface area contributed by atoms with Crippen LogP contribution in [0.2, 0.25) is 0 Å². The molecule has 6 nitrogen and oxygen atoms in total. The Hall–Kier alpha value is -3.93. The first kappa shape index (κ1) is 29.6. The number of hydrogen-bond donors (Lipinski definition) is 0. The summed E-state index contributed by atoms with van der Waals surface area (Å²) in [6, 6.07) is 19.3. The van der Waals surface area contributed by atoms with Crippen molar-refractivity contribution in [2.75, 3.05) is 6.61 Å². The molecule has 6 heteroatoms. The van der Waals surface area contributed by atoms with Crippen LogP contribution in [0.5, 0.6) is 17.2 Å². The van der Waals surface area contributed by atoms with Crippen LogP contribution in [0.3, 0.4) is 0 Å². The van der Waals surface area contributed by atoms with Crippen molar-refractivity contribution < 1.29 is 28.6 Å². The van der Waals surface area contributed by atoms with Crippen LogP contribution in [-0.4, -0.2) is 24.8 Å². The molecule has 0 bridgehead atoms. The molecular formula is C33H38O6. The molecule has 3 rings (SSSR count). The number of ether oxygens (including phenoxy) is 3. The molecule has 0 heterocycles. The number of benzene rings is 3. The fraction of sp³-hybridized carbons (Fsp3) is 0.364. The van der Waals surface area contributed by atoms with Crippen molar-refractivity contribution in [3.8, 4) is 17.2 Å². The molecule has 0 aromatic heterocycles. The van der Waals surface area contributed by atoms with Crippen LogP contribution in [0.4, 0.5) is 0 Å². The van der Waals surface area contributed by atoms with Crippen LogP contribution in [0.1, 0.15) is 102 Å². The minimum atomic E-state index is -0.548. The van der Waals surface area contributed by atoms with Crippen molar-refractivity contribution in [2.45, 2.75) is 71.1 Å². The molecule has 0 unspecified atom stereocenters. The molecule has 0 aliphatic rings. The highest BCUT2D eigenvalue weighted by molar-refractivity contribution is 5.92. The maximum atomic E-state index is 12.5. The van der Waals surface area contributed by atoms with Crippen molar-refractivity contribution in [2.24, 2.45) is 0 Å². The second-order valence-corrected chi connectivity index (χ2v) is 9.55. The lowest BCUT2D eigenvalue weighted by Gasteiger charge is -2.08. The molecular weight excluding hydrogens is 492 g/mol. The monoisotopic (exact) mass is 530 g/mol. The highest BCUT2D eigenvalue weighted by atomic mass is 16.5. The lowest BCUT2D eigenvalue weighted by atomic mass is 10.1. The molecule has 0 saturated heterocycles. The lowest BCUT2D eigenvalue weighted by molar-refractivity contribution is 0.0719. The second kappa shape index (κ2) is 16.8. The molecule has 0 amide bonds. The first-order chi connectivity index (χ1) is 19.1. The Labute approximate surface area is 231 Å². The van der Waals surface area contributed by atoms with Crippen LogP contribution < -0.4 is 14.2 Å². The van der Waals surface area contributed by atoms with Crippen molar-refractivity contribution in [3.63, 3.8) is 0 Å². The SMILES string of the molecule is CCCCCCCCCCCCOc1ccc(C(=O)Oc2ccc(OC(=O)c3ccc(C=O)cc3)cc2)cc1. The molecule has 0 N–H and O–H groups in total. The number of carbonyl (C=O) groups excluding carboxylic acids is 3. The van der Waals surface area contributed by atoms with Crippen LogP contribution in [-0.2, 0) is 0 Å². The fourth-order valence-electron chi connectivity index (χ4n) is 4.07. The molecule has 0 aliphatic heterocycles. The van der Waals surface area contributed by atoms with Crippen molar-refractivity contribution in [1.82, 2.24) is 0 Å². The first-order valence-corrected chi connectivity index (χ1v) is 13.9. The zero-order chi connectivity index (χ0) is 27.7. The Bertz CT molecular complexity index is 1150. The van der Waals surface area contributed by atoms with Gasteiger partial charge in [0, 0.05) is 5.56 Å². The minimum Gasteiger partial charge on any atom is -0.494 e. The zero-order valence-corrected chi connectivity index (χ0v) is 22.7. The Balaban J connectivity index is 1.34.